The number of amides is 1. The summed E-state index contributed by atoms with van der Waals surface area (Å²) in [4.78, 5) is 27.4. The molecule has 0 N–H and O–H groups in total. The Kier molecular flexibility index (Phi) is 4.34. The molecule has 1 saturated heterocycles. The molecule has 4 rings (SSSR count). The second-order valence-electron chi connectivity index (χ2n) is 6.92. The Bertz CT molecular complexity index is 899. The quantitative estimate of drug-likeness (QED) is 0.838. The van der Waals surface area contributed by atoms with Crippen LogP contribution in [0.4, 0.5) is 8.78 Å². The SMILES string of the molecule is O=C(C1CCCc2nn(Cc3ccc(F)c(F)c3)c(=O)n21)N1CCCC1. The minimum Gasteiger partial charge on any atom is -0.341 e. The van der Waals surface area contributed by atoms with E-state index in [9.17, 15) is 18.4 Å². The lowest BCUT2D eigenvalue weighted by Gasteiger charge is -2.27. The van der Waals surface area contributed by atoms with Crippen LogP contribution in [-0.4, -0.2) is 38.2 Å². The average Bonchev–Trinajstić information content (AvgIpc) is 3.27. The number of fused-ring (bicyclic) bond motifs is 1. The molecule has 1 unspecified atom stereocenters. The normalized spacial score (nSPS) is 19.6. The Hall–Kier alpha value is -2.51. The monoisotopic (exact) mass is 362 g/mol. The smallest absolute Gasteiger partial charge is 0.341 e. The number of carbonyl (C=O) groups excluding carboxylic acids is 1. The Morgan fingerprint density at radius 1 is 1.15 bits per heavy atom. The van der Waals surface area contributed by atoms with Crippen LogP contribution >= 0.6 is 0 Å². The first-order chi connectivity index (χ1) is 12.5. The van der Waals surface area contributed by atoms with Gasteiger partial charge in [0, 0.05) is 19.5 Å². The number of aryl methyl sites for hydroxylation is 1. The van der Waals surface area contributed by atoms with Gasteiger partial charge in [0.1, 0.15) is 11.9 Å². The summed E-state index contributed by atoms with van der Waals surface area (Å²) in [5, 5.41) is 4.34. The number of carbonyl (C=O) groups is 1. The van der Waals surface area contributed by atoms with Gasteiger partial charge < -0.3 is 4.90 Å². The summed E-state index contributed by atoms with van der Waals surface area (Å²) in [7, 11) is 0. The number of hydrogen-bond donors (Lipinski definition) is 0. The Labute approximate surface area is 149 Å². The highest BCUT2D eigenvalue weighted by Gasteiger charge is 2.34. The van der Waals surface area contributed by atoms with Gasteiger partial charge >= 0.3 is 5.69 Å². The van der Waals surface area contributed by atoms with E-state index in [1.807, 2.05) is 4.90 Å². The van der Waals surface area contributed by atoms with Crippen LogP contribution in [0.3, 0.4) is 0 Å². The number of rotatable bonds is 3. The molecule has 0 saturated carbocycles. The minimum atomic E-state index is -0.957. The van der Waals surface area contributed by atoms with Crippen molar-refractivity contribution >= 4 is 5.91 Å². The number of nitrogens with zero attached hydrogens (tertiary/aromatic N) is 4. The first-order valence-electron chi connectivity index (χ1n) is 8.95. The molecule has 0 bridgehead atoms. The highest BCUT2D eigenvalue weighted by Crippen LogP contribution is 2.25. The molecule has 0 spiro atoms. The number of benzene rings is 1. The molecule has 2 aliphatic rings. The summed E-state index contributed by atoms with van der Waals surface area (Å²) in [6.07, 6.45) is 4.04. The maximum Gasteiger partial charge on any atom is 0.346 e. The minimum absolute atomic E-state index is 0.0158. The maximum atomic E-state index is 13.4. The van der Waals surface area contributed by atoms with E-state index in [1.165, 1.54) is 15.3 Å². The topological polar surface area (TPSA) is 60.1 Å². The van der Waals surface area contributed by atoms with E-state index in [0.717, 1.165) is 44.5 Å². The molecule has 8 heteroatoms. The number of hydrogen-bond acceptors (Lipinski definition) is 3. The van der Waals surface area contributed by atoms with Gasteiger partial charge in [-0.25, -0.2) is 18.3 Å². The molecule has 1 fully saturated rings. The first kappa shape index (κ1) is 16.9. The van der Waals surface area contributed by atoms with E-state index in [0.29, 0.717) is 24.2 Å². The van der Waals surface area contributed by atoms with Crippen LogP contribution in [0.2, 0.25) is 0 Å². The van der Waals surface area contributed by atoms with Gasteiger partial charge in [-0.1, -0.05) is 6.07 Å². The molecule has 0 aliphatic carbocycles. The van der Waals surface area contributed by atoms with Crippen molar-refractivity contribution in [2.24, 2.45) is 0 Å². The zero-order chi connectivity index (χ0) is 18.3. The third-order valence-corrected chi connectivity index (χ3v) is 5.15. The molecular formula is C18H20F2N4O2. The van der Waals surface area contributed by atoms with Crippen LogP contribution < -0.4 is 5.69 Å². The van der Waals surface area contributed by atoms with Crippen LogP contribution in [0.1, 0.15) is 43.1 Å². The summed E-state index contributed by atoms with van der Waals surface area (Å²) in [5.41, 5.74) is 0.0749. The molecule has 0 radical (unpaired) electrons. The van der Waals surface area contributed by atoms with E-state index in [2.05, 4.69) is 5.10 Å². The van der Waals surface area contributed by atoms with Crippen molar-refractivity contribution in [3.63, 3.8) is 0 Å². The number of aromatic nitrogens is 3. The Balaban J connectivity index is 1.64. The lowest BCUT2D eigenvalue weighted by Crippen LogP contribution is -2.41. The van der Waals surface area contributed by atoms with Crippen molar-refractivity contribution in [3.05, 3.63) is 51.7 Å². The lowest BCUT2D eigenvalue weighted by atomic mass is 10.0. The fourth-order valence-electron chi connectivity index (χ4n) is 3.83. The van der Waals surface area contributed by atoms with Crippen LogP contribution in [0, 0.1) is 11.6 Å². The van der Waals surface area contributed by atoms with Gasteiger partial charge in [0.2, 0.25) is 5.91 Å². The summed E-state index contributed by atoms with van der Waals surface area (Å²) < 4.78 is 29.2. The molecule has 138 valence electrons. The largest absolute Gasteiger partial charge is 0.346 e. The molecule has 1 atom stereocenters. The predicted octanol–water partition coefficient (Wildman–Crippen LogP) is 1.87. The molecular weight excluding hydrogens is 342 g/mol. The summed E-state index contributed by atoms with van der Waals surface area (Å²) >= 11 is 0. The van der Waals surface area contributed by atoms with Crippen LogP contribution in [0.25, 0.3) is 0 Å². The van der Waals surface area contributed by atoms with Gasteiger partial charge in [-0.15, -0.1) is 0 Å². The number of halogens is 2. The second kappa shape index (κ2) is 6.66. The Morgan fingerprint density at radius 2 is 1.92 bits per heavy atom. The van der Waals surface area contributed by atoms with Crippen molar-refractivity contribution in [3.8, 4) is 0 Å². The zero-order valence-corrected chi connectivity index (χ0v) is 14.3. The van der Waals surface area contributed by atoms with E-state index in [4.69, 9.17) is 0 Å². The third-order valence-electron chi connectivity index (χ3n) is 5.15. The van der Waals surface area contributed by atoms with E-state index >= 15 is 0 Å². The van der Waals surface area contributed by atoms with E-state index in [-0.39, 0.29) is 18.1 Å². The molecule has 1 aromatic heterocycles. The molecule has 3 heterocycles. The molecule has 2 aliphatic heterocycles. The number of likely N-dealkylation sites (tertiary alicyclic amines) is 1. The van der Waals surface area contributed by atoms with Gasteiger partial charge in [0.15, 0.2) is 11.6 Å². The first-order valence-corrected chi connectivity index (χ1v) is 8.95. The highest BCUT2D eigenvalue weighted by atomic mass is 19.2. The summed E-state index contributed by atoms with van der Waals surface area (Å²) in [6.45, 7) is 1.52. The zero-order valence-electron chi connectivity index (χ0n) is 14.3. The van der Waals surface area contributed by atoms with Crippen molar-refractivity contribution in [2.75, 3.05) is 13.1 Å². The molecule has 26 heavy (non-hydrogen) atoms. The second-order valence-corrected chi connectivity index (χ2v) is 6.92. The van der Waals surface area contributed by atoms with Crippen molar-refractivity contribution < 1.29 is 13.6 Å². The van der Waals surface area contributed by atoms with Gasteiger partial charge in [-0.05, 0) is 43.4 Å². The lowest BCUT2D eigenvalue weighted by molar-refractivity contribution is -0.134. The van der Waals surface area contributed by atoms with Crippen molar-refractivity contribution in [2.45, 2.75) is 44.7 Å². The van der Waals surface area contributed by atoms with Crippen molar-refractivity contribution in [1.29, 1.82) is 0 Å². The van der Waals surface area contributed by atoms with Crippen molar-refractivity contribution in [1.82, 2.24) is 19.2 Å². The summed E-state index contributed by atoms with van der Waals surface area (Å²) in [6, 6.07) is 3.01. The fourth-order valence-corrected chi connectivity index (χ4v) is 3.83. The predicted molar refractivity (Wildman–Crippen MR) is 89.7 cm³/mol. The fraction of sp³-hybridized carbons (Fsp3) is 0.500. The molecule has 2 aromatic rings. The molecule has 1 amide bonds. The van der Waals surface area contributed by atoms with Gasteiger partial charge in [-0.3, -0.25) is 9.36 Å². The standard InChI is InChI=1S/C18H20F2N4O2/c19-13-7-6-12(10-14(13)20)11-23-18(26)24-15(4-3-5-16(24)21-23)17(25)22-8-1-2-9-22/h6-7,10,15H,1-5,8-9,11H2. The maximum absolute atomic E-state index is 13.4. The summed E-state index contributed by atoms with van der Waals surface area (Å²) in [5.74, 6) is -1.32. The van der Waals surface area contributed by atoms with Gasteiger partial charge in [-0.2, -0.15) is 5.10 Å². The van der Waals surface area contributed by atoms with E-state index in [1.54, 1.807) is 0 Å². The molecule has 1 aromatic carbocycles. The van der Waals surface area contributed by atoms with Gasteiger partial charge in [0.25, 0.3) is 0 Å². The van der Waals surface area contributed by atoms with Gasteiger partial charge in [0.05, 0.1) is 6.54 Å². The van der Waals surface area contributed by atoms with Crippen LogP contribution in [0.15, 0.2) is 23.0 Å². The van der Waals surface area contributed by atoms with Crippen LogP contribution in [0.5, 0.6) is 0 Å². The van der Waals surface area contributed by atoms with Crippen LogP contribution in [-0.2, 0) is 17.8 Å². The van der Waals surface area contributed by atoms with E-state index < -0.39 is 17.7 Å². The highest BCUT2D eigenvalue weighted by molar-refractivity contribution is 5.80. The molecule has 6 nitrogen and oxygen atoms in total. The average molecular weight is 362 g/mol. The third kappa shape index (κ3) is 2.93. The Morgan fingerprint density at radius 3 is 2.65 bits per heavy atom.